The van der Waals surface area contributed by atoms with Crippen LogP contribution in [0, 0.1) is 11.8 Å². The lowest BCUT2D eigenvalue weighted by Crippen LogP contribution is -2.15. The fourth-order valence-electron chi connectivity index (χ4n) is 1.81. The van der Waals surface area contributed by atoms with Crippen molar-refractivity contribution in [1.29, 1.82) is 0 Å². The van der Waals surface area contributed by atoms with Gasteiger partial charge >= 0.3 is 0 Å². The van der Waals surface area contributed by atoms with Crippen LogP contribution in [-0.4, -0.2) is 5.78 Å². The van der Waals surface area contributed by atoms with Gasteiger partial charge < -0.3 is 0 Å². The Labute approximate surface area is 81.2 Å². The first kappa shape index (κ1) is 10.5. The van der Waals surface area contributed by atoms with Gasteiger partial charge in [-0.05, 0) is 24.8 Å². The minimum atomic E-state index is 0.337. The first-order chi connectivity index (χ1) is 6.20. The number of rotatable bonds is 3. The highest BCUT2D eigenvalue weighted by Gasteiger charge is 2.18. The van der Waals surface area contributed by atoms with Crippen LogP contribution in [0.3, 0.4) is 0 Å². The topological polar surface area (TPSA) is 17.1 Å². The molecule has 1 heteroatoms. The number of carbonyl (C=O) groups excluding carboxylic acids is 1. The largest absolute Gasteiger partial charge is 0.295 e. The van der Waals surface area contributed by atoms with Gasteiger partial charge in [0.1, 0.15) is 0 Å². The van der Waals surface area contributed by atoms with Crippen molar-refractivity contribution in [2.45, 2.75) is 46.0 Å². The van der Waals surface area contributed by atoms with Crippen LogP contribution in [0.4, 0.5) is 0 Å². The van der Waals surface area contributed by atoms with Crippen molar-refractivity contribution in [3.05, 3.63) is 12.2 Å². The third-order valence-corrected chi connectivity index (χ3v) is 2.65. The van der Waals surface area contributed by atoms with E-state index in [0.717, 1.165) is 12.8 Å². The van der Waals surface area contributed by atoms with Crippen molar-refractivity contribution in [2.75, 3.05) is 0 Å². The number of ketones is 1. The van der Waals surface area contributed by atoms with E-state index in [-0.39, 0.29) is 0 Å². The summed E-state index contributed by atoms with van der Waals surface area (Å²) < 4.78 is 0. The average Bonchev–Trinajstić information content (AvgIpc) is 2.15. The minimum absolute atomic E-state index is 0.337. The van der Waals surface area contributed by atoms with Gasteiger partial charge in [-0.25, -0.2) is 0 Å². The van der Waals surface area contributed by atoms with Crippen molar-refractivity contribution in [2.24, 2.45) is 11.8 Å². The maximum atomic E-state index is 11.6. The molecule has 1 saturated carbocycles. The molecule has 0 spiro atoms. The van der Waals surface area contributed by atoms with Crippen molar-refractivity contribution < 1.29 is 4.79 Å². The molecule has 0 atom stereocenters. The molecule has 0 heterocycles. The second-order valence-electron chi connectivity index (χ2n) is 4.34. The monoisotopic (exact) mass is 180 g/mol. The zero-order valence-electron chi connectivity index (χ0n) is 8.75. The molecule has 1 nitrogen and oxygen atoms in total. The SMILES string of the molecule is CC(C)/C=C/C(=O)C1CCCCC1. The van der Waals surface area contributed by atoms with E-state index in [0.29, 0.717) is 17.6 Å². The van der Waals surface area contributed by atoms with Crippen LogP contribution in [0.25, 0.3) is 0 Å². The maximum Gasteiger partial charge on any atom is 0.158 e. The van der Waals surface area contributed by atoms with Gasteiger partial charge in [-0.1, -0.05) is 39.2 Å². The molecule has 0 unspecified atom stereocenters. The number of hydrogen-bond donors (Lipinski definition) is 0. The third-order valence-electron chi connectivity index (χ3n) is 2.65. The Kier molecular flexibility index (Phi) is 4.20. The van der Waals surface area contributed by atoms with Crippen LogP contribution < -0.4 is 0 Å². The highest BCUT2D eigenvalue weighted by atomic mass is 16.1. The van der Waals surface area contributed by atoms with Gasteiger partial charge in [-0.3, -0.25) is 4.79 Å². The maximum absolute atomic E-state index is 11.6. The number of hydrogen-bond acceptors (Lipinski definition) is 1. The van der Waals surface area contributed by atoms with Crippen LogP contribution in [-0.2, 0) is 4.79 Å². The molecule has 1 fully saturated rings. The molecule has 13 heavy (non-hydrogen) atoms. The summed E-state index contributed by atoms with van der Waals surface area (Å²) in [4.78, 5) is 11.6. The Bertz CT molecular complexity index is 185. The van der Waals surface area contributed by atoms with Gasteiger partial charge in [0.2, 0.25) is 0 Å². The molecular weight excluding hydrogens is 160 g/mol. The summed E-state index contributed by atoms with van der Waals surface area (Å²) in [6.07, 6.45) is 9.83. The van der Waals surface area contributed by atoms with Crippen LogP contribution in [0.2, 0.25) is 0 Å². The van der Waals surface area contributed by atoms with Gasteiger partial charge in [0, 0.05) is 5.92 Å². The standard InChI is InChI=1S/C12H20O/c1-10(2)8-9-12(13)11-6-4-3-5-7-11/h8-11H,3-7H2,1-2H3/b9-8+. The first-order valence-electron chi connectivity index (χ1n) is 5.42. The predicted molar refractivity (Wildman–Crippen MR) is 55.6 cm³/mol. The summed E-state index contributed by atoms with van der Waals surface area (Å²) in [6.45, 7) is 4.20. The molecule has 1 aliphatic carbocycles. The molecule has 0 aromatic heterocycles. The van der Waals surface area contributed by atoms with E-state index in [2.05, 4.69) is 13.8 Å². The quantitative estimate of drug-likeness (QED) is 0.609. The van der Waals surface area contributed by atoms with Crippen molar-refractivity contribution in [3.8, 4) is 0 Å². The Morgan fingerprint density at radius 3 is 2.38 bits per heavy atom. The zero-order valence-corrected chi connectivity index (χ0v) is 8.75. The zero-order chi connectivity index (χ0) is 9.68. The van der Waals surface area contributed by atoms with E-state index in [1.54, 1.807) is 6.08 Å². The molecule has 0 aromatic rings. The van der Waals surface area contributed by atoms with Crippen molar-refractivity contribution in [1.82, 2.24) is 0 Å². The van der Waals surface area contributed by atoms with E-state index in [4.69, 9.17) is 0 Å². The smallest absolute Gasteiger partial charge is 0.158 e. The van der Waals surface area contributed by atoms with Crippen LogP contribution >= 0.6 is 0 Å². The summed E-state index contributed by atoms with van der Waals surface area (Å²) >= 11 is 0. The van der Waals surface area contributed by atoms with E-state index in [9.17, 15) is 4.79 Å². The molecule has 0 amide bonds. The van der Waals surface area contributed by atoms with E-state index in [1.165, 1.54) is 19.3 Å². The fourth-order valence-corrected chi connectivity index (χ4v) is 1.81. The predicted octanol–water partition coefficient (Wildman–Crippen LogP) is 3.35. The molecule has 0 saturated heterocycles. The first-order valence-corrected chi connectivity index (χ1v) is 5.42. The van der Waals surface area contributed by atoms with E-state index < -0.39 is 0 Å². The van der Waals surface area contributed by atoms with Gasteiger partial charge in [-0.2, -0.15) is 0 Å². The average molecular weight is 180 g/mol. The van der Waals surface area contributed by atoms with Crippen LogP contribution in [0.15, 0.2) is 12.2 Å². The summed E-state index contributed by atoms with van der Waals surface area (Å²) in [6, 6.07) is 0. The molecular formula is C12H20O. The molecule has 1 aliphatic rings. The molecule has 0 aromatic carbocycles. The summed E-state index contributed by atoms with van der Waals surface area (Å²) in [5.41, 5.74) is 0. The van der Waals surface area contributed by atoms with Crippen LogP contribution in [0.1, 0.15) is 46.0 Å². The number of allylic oxidation sites excluding steroid dienone is 2. The number of carbonyl (C=O) groups is 1. The summed E-state index contributed by atoms with van der Waals surface area (Å²) in [5.74, 6) is 1.18. The lowest BCUT2D eigenvalue weighted by molar-refractivity contribution is -0.119. The molecule has 0 bridgehead atoms. The lowest BCUT2D eigenvalue weighted by Gasteiger charge is -2.18. The lowest BCUT2D eigenvalue weighted by atomic mass is 9.86. The van der Waals surface area contributed by atoms with Gasteiger partial charge in [-0.15, -0.1) is 0 Å². The molecule has 0 N–H and O–H groups in total. The van der Waals surface area contributed by atoms with Gasteiger partial charge in [0.15, 0.2) is 5.78 Å². The Hall–Kier alpha value is -0.590. The second kappa shape index (κ2) is 5.21. The van der Waals surface area contributed by atoms with Crippen molar-refractivity contribution >= 4 is 5.78 Å². The Morgan fingerprint density at radius 1 is 1.23 bits per heavy atom. The summed E-state index contributed by atoms with van der Waals surface area (Å²) in [7, 11) is 0. The second-order valence-corrected chi connectivity index (χ2v) is 4.34. The van der Waals surface area contributed by atoms with Crippen LogP contribution in [0.5, 0.6) is 0 Å². The molecule has 0 radical (unpaired) electrons. The van der Waals surface area contributed by atoms with Crippen molar-refractivity contribution in [3.63, 3.8) is 0 Å². The molecule has 1 rings (SSSR count). The summed E-state index contributed by atoms with van der Waals surface area (Å²) in [5, 5.41) is 0. The molecule has 74 valence electrons. The molecule has 0 aliphatic heterocycles. The highest BCUT2D eigenvalue weighted by molar-refractivity contribution is 5.91. The Morgan fingerprint density at radius 2 is 1.85 bits per heavy atom. The van der Waals surface area contributed by atoms with E-state index >= 15 is 0 Å². The third kappa shape index (κ3) is 3.75. The normalized spacial score (nSPS) is 19.9. The highest BCUT2D eigenvalue weighted by Crippen LogP contribution is 2.24. The fraction of sp³-hybridized carbons (Fsp3) is 0.750. The van der Waals surface area contributed by atoms with Gasteiger partial charge in [0.05, 0.1) is 0 Å². The van der Waals surface area contributed by atoms with Gasteiger partial charge in [0.25, 0.3) is 0 Å². The Balaban J connectivity index is 2.37. The van der Waals surface area contributed by atoms with E-state index in [1.807, 2.05) is 6.08 Å². The minimum Gasteiger partial charge on any atom is -0.295 e.